The molecule has 0 fully saturated rings. The van der Waals surface area contributed by atoms with Crippen molar-refractivity contribution in [3.8, 4) is 0 Å². The molecule has 0 aromatic heterocycles. The van der Waals surface area contributed by atoms with Gasteiger partial charge in [-0.25, -0.2) is 0 Å². The highest BCUT2D eigenvalue weighted by Gasteiger charge is 2.49. The van der Waals surface area contributed by atoms with Gasteiger partial charge >= 0.3 is 0 Å². The van der Waals surface area contributed by atoms with Crippen LogP contribution in [-0.4, -0.2) is 27.0 Å². The Labute approximate surface area is 127 Å². The maximum Gasteiger partial charge on any atom is 0.273 e. The number of anilines is 1. The number of amides is 1. The van der Waals surface area contributed by atoms with E-state index in [4.69, 9.17) is 4.84 Å². The van der Waals surface area contributed by atoms with Crippen molar-refractivity contribution in [1.82, 2.24) is 0 Å². The van der Waals surface area contributed by atoms with Gasteiger partial charge in [0.15, 0.2) is 13.9 Å². The summed E-state index contributed by atoms with van der Waals surface area (Å²) in [4.78, 5) is 17.8. The topological polar surface area (TPSA) is 41.9 Å². The van der Waals surface area contributed by atoms with Gasteiger partial charge in [0.2, 0.25) is 0 Å². The van der Waals surface area contributed by atoms with Crippen molar-refractivity contribution < 1.29 is 9.63 Å². The van der Waals surface area contributed by atoms with Crippen molar-refractivity contribution in [2.45, 2.75) is 45.8 Å². The fourth-order valence-electron chi connectivity index (χ4n) is 2.43. The van der Waals surface area contributed by atoms with E-state index >= 15 is 0 Å². The number of fused-ring (bicyclic) bond motifs is 1. The molecule has 0 unspecified atom stereocenters. The molecule has 0 N–H and O–H groups in total. The average Bonchev–Trinajstić information content (AvgIpc) is 2.62. The van der Waals surface area contributed by atoms with Gasteiger partial charge in [0, 0.05) is 11.3 Å². The smallest absolute Gasteiger partial charge is 0.273 e. The first kappa shape index (κ1) is 15.8. The van der Waals surface area contributed by atoms with Crippen LogP contribution in [0.2, 0.25) is 18.1 Å². The molecule has 114 valence electrons. The third kappa shape index (κ3) is 2.39. The van der Waals surface area contributed by atoms with Crippen molar-refractivity contribution in [2.75, 3.05) is 11.7 Å². The van der Waals surface area contributed by atoms with Crippen LogP contribution in [0.5, 0.6) is 0 Å². The van der Waals surface area contributed by atoms with Crippen LogP contribution in [0, 0.1) is 6.92 Å². The van der Waals surface area contributed by atoms with Gasteiger partial charge in [0.1, 0.15) is 7.11 Å². The number of nitrogens with zero attached hydrogens (tertiary/aromatic N) is 2. The highest BCUT2D eigenvalue weighted by atomic mass is 28.3. The second kappa shape index (κ2) is 4.98. The van der Waals surface area contributed by atoms with Gasteiger partial charge in [-0.1, -0.05) is 50.7 Å². The maximum absolute atomic E-state index is 12.9. The van der Waals surface area contributed by atoms with Crippen molar-refractivity contribution >= 4 is 25.5 Å². The second-order valence-electron chi connectivity index (χ2n) is 7.09. The summed E-state index contributed by atoms with van der Waals surface area (Å²) in [5.74, 6) is -0.0379. The SMILES string of the molecule is CO/N=C1\C(=O)N([Si](C)(C)C(C)(C)C)c2ccc(C)cc21. The Hall–Kier alpha value is -1.62. The number of benzene rings is 1. The van der Waals surface area contributed by atoms with E-state index < -0.39 is 8.24 Å². The zero-order chi connectivity index (χ0) is 16.0. The van der Waals surface area contributed by atoms with Gasteiger partial charge in [0.05, 0.1) is 0 Å². The summed E-state index contributed by atoms with van der Waals surface area (Å²) in [6, 6.07) is 6.08. The van der Waals surface area contributed by atoms with Gasteiger partial charge in [-0.05, 0) is 24.1 Å². The highest BCUT2D eigenvalue weighted by Crippen LogP contribution is 2.44. The summed E-state index contributed by atoms with van der Waals surface area (Å²) in [7, 11) is -0.550. The van der Waals surface area contributed by atoms with Crippen LogP contribution in [0.1, 0.15) is 31.9 Å². The van der Waals surface area contributed by atoms with E-state index in [2.05, 4.69) is 39.0 Å². The van der Waals surface area contributed by atoms with Crippen LogP contribution in [0.3, 0.4) is 0 Å². The molecule has 0 saturated heterocycles. The van der Waals surface area contributed by atoms with Crippen molar-refractivity contribution in [2.24, 2.45) is 5.16 Å². The molecule has 1 aliphatic rings. The molecular formula is C16H24N2O2Si. The quantitative estimate of drug-likeness (QED) is 0.617. The Morgan fingerprint density at radius 2 is 1.86 bits per heavy atom. The summed E-state index contributed by atoms with van der Waals surface area (Å²) in [5, 5.41) is 4.04. The Balaban J connectivity index is 2.67. The van der Waals surface area contributed by atoms with Gasteiger partial charge in [-0.2, -0.15) is 0 Å². The first-order valence-corrected chi connectivity index (χ1v) is 10.1. The fraction of sp³-hybridized carbons (Fsp3) is 0.500. The number of aryl methyl sites for hydroxylation is 1. The fourth-order valence-corrected chi connectivity index (χ4v) is 4.52. The number of oxime groups is 1. The lowest BCUT2D eigenvalue weighted by Gasteiger charge is -2.43. The van der Waals surface area contributed by atoms with Gasteiger partial charge in [-0.15, -0.1) is 0 Å². The Kier molecular flexibility index (Phi) is 3.74. The van der Waals surface area contributed by atoms with Gasteiger partial charge in [0.25, 0.3) is 5.91 Å². The van der Waals surface area contributed by atoms with E-state index in [9.17, 15) is 4.79 Å². The molecule has 1 amide bonds. The monoisotopic (exact) mass is 304 g/mol. The van der Waals surface area contributed by atoms with Crippen LogP contribution < -0.4 is 4.57 Å². The Morgan fingerprint density at radius 3 is 2.38 bits per heavy atom. The molecule has 0 atom stereocenters. The summed E-state index contributed by atoms with van der Waals surface area (Å²) in [6.45, 7) is 13.1. The summed E-state index contributed by atoms with van der Waals surface area (Å²) in [5.41, 5.74) is 3.38. The number of hydrogen-bond donors (Lipinski definition) is 0. The van der Waals surface area contributed by atoms with E-state index in [1.165, 1.54) is 7.11 Å². The van der Waals surface area contributed by atoms with Crippen molar-refractivity contribution in [3.63, 3.8) is 0 Å². The molecule has 0 aliphatic carbocycles. The first-order valence-electron chi connectivity index (χ1n) is 7.18. The minimum atomic E-state index is -2.03. The Morgan fingerprint density at radius 1 is 1.24 bits per heavy atom. The molecule has 5 heteroatoms. The van der Waals surface area contributed by atoms with Crippen molar-refractivity contribution in [1.29, 1.82) is 0 Å². The lowest BCUT2D eigenvalue weighted by atomic mass is 10.1. The van der Waals surface area contributed by atoms with Crippen LogP contribution >= 0.6 is 0 Å². The van der Waals surface area contributed by atoms with E-state index in [-0.39, 0.29) is 10.9 Å². The third-order valence-electron chi connectivity index (χ3n) is 4.63. The second-order valence-corrected chi connectivity index (χ2v) is 12.2. The van der Waals surface area contributed by atoms with E-state index in [0.717, 1.165) is 16.8 Å². The molecule has 0 bridgehead atoms. The van der Waals surface area contributed by atoms with Gasteiger partial charge < -0.3 is 9.40 Å². The molecular weight excluding hydrogens is 280 g/mol. The molecule has 1 aliphatic heterocycles. The molecule has 1 heterocycles. The molecule has 4 nitrogen and oxygen atoms in total. The zero-order valence-electron chi connectivity index (χ0n) is 13.9. The zero-order valence-corrected chi connectivity index (χ0v) is 14.9. The number of carbonyl (C=O) groups excluding carboxylic acids is 1. The predicted octanol–water partition coefficient (Wildman–Crippen LogP) is 3.70. The van der Waals surface area contributed by atoms with Crippen LogP contribution in [0.4, 0.5) is 5.69 Å². The molecule has 2 rings (SSSR count). The standard InChI is InChI=1S/C16H24N2O2Si/c1-11-8-9-13-12(10-11)14(17-20-5)15(19)18(13)21(6,7)16(2,3)4/h8-10H,1-7H3/b17-14-. The maximum atomic E-state index is 12.9. The summed E-state index contributed by atoms with van der Waals surface area (Å²) >= 11 is 0. The van der Waals surface area contributed by atoms with Gasteiger partial charge in [-0.3, -0.25) is 4.79 Å². The third-order valence-corrected chi connectivity index (χ3v) is 9.86. The molecule has 1 aromatic rings. The lowest BCUT2D eigenvalue weighted by Crippen LogP contribution is -2.57. The number of rotatable bonds is 2. The van der Waals surface area contributed by atoms with Crippen LogP contribution in [-0.2, 0) is 9.63 Å². The highest BCUT2D eigenvalue weighted by molar-refractivity contribution is 6.90. The van der Waals surface area contributed by atoms with E-state index in [1.807, 2.05) is 29.7 Å². The molecule has 0 spiro atoms. The van der Waals surface area contributed by atoms with E-state index in [0.29, 0.717) is 5.71 Å². The predicted molar refractivity (Wildman–Crippen MR) is 89.4 cm³/mol. The molecule has 0 saturated carbocycles. The molecule has 1 aromatic carbocycles. The van der Waals surface area contributed by atoms with Crippen LogP contribution in [0.15, 0.2) is 23.4 Å². The minimum Gasteiger partial charge on any atom is -0.398 e. The summed E-state index contributed by atoms with van der Waals surface area (Å²) in [6.07, 6.45) is 0. The van der Waals surface area contributed by atoms with Crippen LogP contribution in [0.25, 0.3) is 0 Å². The summed E-state index contributed by atoms with van der Waals surface area (Å²) < 4.78 is 1.99. The normalized spacial score (nSPS) is 17.4. The number of carbonyl (C=O) groups is 1. The minimum absolute atomic E-state index is 0.0379. The first-order chi connectivity index (χ1) is 9.61. The Bertz CT molecular complexity index is 615. The molecule has 0 radical (unpaired) electrons. The van der Waals surface area contributed by atoms with E-state index in [1.54, 1.807) is 0 Å². The average molecular weight is 304 g/mol. The van der Waals surface area contributed by atoms with Crippen molar-refractivity contribution in [3.05, 3.63) is 29.3 Å². The molecule has 21 heavy (non-hydrogen) atoms. The lowest BCUT2D eigenvalue weighted by molar-refractivity contribution is -0.111. The largest absolute Gasteiger partial charge is 0.398 e. The number of hydrogen-bond acceptors (Lipinski definition) is 3.